The van der Waals surface area contributed by atoms with Crippen LogP contribution < -0.4 is 0 Å². The van der Waals surface area contributed by atoms with Crippen molar-refractivity contribution in [1.82, 2.24) is 0 Å². The molecular formula is C20H17F3N2. The van der Waals surface area contributed by atoms with Gasteiger partial charge in [0.15, 0.2) is 0 Å². The molecule has 0 N–H and O–H groups in total. The van der Waals surface area contributed by atoms with Crippen molar-refractivity contribution in [3.63, 3.8) is 0 Å². The first-order valence-electron chi connectivity index (χ1n) is 8.19. The fourth-order valence-electron chi connectivity index (χ4n) is 2.98. The summed E-state index contributed by atoms with van der Waals surface area (Å²) >= 11 is 0. The van der Waals surface area contributed by atoms with E-state index in [1.54, 1.807) is 0 Å². The second kappa shape index (κ2) is 7.10. The summed E-state index contributed by atoms with van der Waals surface area (Å²) in [6.45, 7) is 0. The van der Waals surface area contributed by atoms with E-state index in [1.165, 1.54) is 12.1 Å². The molecule has 1 fully saturated rings. The predicted molar refractivity (Wildman–Crippen MR) is 90.1 cm³/mol. The number of aliphatic imine (C=N–C) groups is 1. The highest BCUT2D eigenvalue weighted by atomic mass is 19.4. The predicted octanol–water partition coefficient (Wildman–Crippen LogP) is 5.56. The normalized spacial score (nSPS) is 16.8. The minimum absolute atomic E-state index is 0.133. The molecule has 2 aromatic rings. The molecule has 1 aliphatic rings. The first kappa shape index (κ1) is 17.2. The van der Waals surface area contributed by atoms with Crippen molar-refractivity contribution in [3.05, 3.63) is 71.3 Å². The van der Waals surface area contributed by atoms with Gasteiger partial charge in [0.25, 0.3) is 0 Å². The number of hydrogen-bond donors (Lipinski definition) is 0. The van der Waals surface area contributed by atoms with Crippen LogP contribution >= 0.6 is 0 Å². The van der Waals surface area contributed by atoms with Crippen molar-refractivity contribution in [1.29, 1.82) is 5.26 Å². The molecule has 0 aliphatic heterocycles. The van der Waals surface area contributed by atoms with Crippen molar-refractivity contribution < 1.29 is 13.2 Å². The van der Waals surface area contributed by atoms with Crippen molar-refractivity contribution in [2.75, 3.05) is 0 Å². The summed E-state index contributed by atoms with van der Waals surface area (Å²) in [5.74, 6) is 0.375. The molecule has 3 rings (SSSR count). The fourth-order valence-corrected chi connectivity index (χ4v) is 2.98. The summed E-state index contributed by atoms with van der Waals surface area (Å²) in [5, 5.41) is 9.47. The summed E-state index contributed by atoms with van der Waals surface area (Å²) in [6.07, 6.45) is -1.14. The highest BCUT2D eigenvalue weighted by Gasteiger charge is 2.31. The molecule has 2 nitrogen and oxygen atoms in total. The third-order valence-corrected chi connectivity index (χ3v) is 4.60. The maximum Gasteiger partial charge on any atom is 0.416 e. The van der Waals surface area contributed by atoms with E-state index in [0.717, 1.165) is 37.0 Å². The van der Waals surface area contributed by atoms with Crippen LogP contribution in [0.25, 0.3) is 0 Å². The van der Waals surface area contributed by atoms with Crippen LogP contribution in [0.2, 0.25) is 0 Å². The molecule has 1 saturated carbocycles. The second-order valence-electron chi connectivity index (χ2n) is 6.21. The molecule has 5 heteroatoms. The average molecular weight is 342 g/mol. The Morgan fingerprint density at radius 2 is 1.68 bits per heavy atom. The number of hydrogen-bond acceptors (Lipinski definition) is 2. The zero-order valence-corrected chi connectivity index (χ0v) is 13.5. The van der Waals surface area contributed by atoms with Gasteiger partial charge in [-0.25, -0.2) is 0 Å². The minimum Gasteiger partial charge on any atom is -0.265 e. The van der Waals surface area contributed by atoms with Crippen LogP contribution in [0.3, 0.4) is 0 Å². The lowest BCUT2D eigenvalue weighted by molar-refractivity contribution is -0.137. The van der Waals surface area contributed by atoms with Gasteiger partial charge in [0.1, 0.15) is 11.8 Å². The first-order chi connectivity index (χ1) is 12.0. The Hall–Kier alpha value is -2.61. The largest absolute Gasteiger partial charge is 0.416 e. The number of nitrogens with zero attached hydrogens (tertiary/aromatic N) is 2. The van der Waals surface area contributed by atoms with Crippen molar-refractivity contribution in [2.45, 2.75) is 31.5 Å². The lowest BCUT2D eigenvalue weighted by Crippen LogP contribution is -2.20. The van der Waals surface area contributed by atoms with Crippen LogP contribution in [0, 0.1) is 17.2 Å². The molecule has 0 bridgehead atoms. The van der Waals surface area contributed by atoms with Gasteiger partial charge in [-0.2, -0.15) is 18.4 Å². The zero-order valence-electron chi connectivity index (χ0n) is 13.5. The minimum atomic E-state index is -4.39. The average Bonchev–Trinajstić information content (AvgIpc) is 2.57. The Balaban J connectivity index is 1.93. The zero-order chi connectivity index (χ0) is 17.9. The third-order valence-electron chi connectivity index (χ3n) is 4.60. The number of nitriles is 1. The Labute approximate surface area is 144 Å². The summed E-state index contributed by atoms with van der Waals surface area (Å²) in [5.41, 5.74) is 0.893. The Morgan fingerprint density at radius 3 is 2.16 bits per heavy atom. The summed E-state index contributed by atoms with van der Waals surface area (Å²) < 4.78 is 38.1. The van der Waals surface area contributed by atoms with Gasteiger partial charge in [0, 0.05) is 5.56 Å². The number of benzene rings is 2. The Morgan fingerprint density at radius 1 is 1.04 bits per heavy atom. The second-order valence-corrected chi connectivity index (χ2v) is 6.21. The fraction of sp³-hybridized carbons (Fsp3) is 0.300. The van der Waals surface area contributed by atoms with Gasteiger partial charge in [0.05, 0.1) is 11.6 Å². The molecule has 1 aliphatic carbocycles. The summed E-state index contributed by atoms with van der Waals surface area (Å²) in [4.78, 5) is 4.62. The standard InChI is InChI=1S/C20H17F3N2/c21-20(22,23)17-11-9-14(10-12-17)18(13-24)25-19(16-7-4-8-16)15-5-2-1-3-6-15/h1-3,5-6,9-12,16,19H,4,7-8H2/t19-/m0/s1. The van der Waals surface area contributed by atoms with Crippen LogP contribution in [0.15, 0.2) is 59.6 Å². The van der Waals surface area contributed by atoms with E-state index in [1.807, 2.05) is 36.4 Å². The quantitative estimate of drug-likeness (QED) is 0.670. The molecule has 128 valence electrons. The molecule has 0 amide bonds. The van der Waals surface area contributed by atoms with Crippen LogP contribution in [-0.2, 0) is 6.18 Å². The van der Waals surface area contributed by atoms with E-state index in [-0.39, 0.29) is 11.8 Å². The van der Waals surface area contributed by atoms with Gasteiger partial charge in [-0.15, -0.1) is 0 Å². The molecule has 0 unspecified atom stereocenters. The molecule has 0 saturated heterocycles. The van der Waals surface area contributed by atoms with Crippen LogP contribution in [0.1, 0.15) is 42.0 Å². The van der Waals surface area contributed by atoms with Gasteiger partial charge in [-0.1, -0.05) is 48.9 Å². The van der Waals surface area contributed by atoms with Crippen LogP contribution in [-0.4, -0.2) is 5.71 Å². The summed E-state index contributed by atoms with van der Waals surface area (Å²) in [6, 6.07) is 16.3. The summed E-state index contributed by atoms with van der Waals surface area (Å²) in [7, 11) is 0. The van der Waals surface area contributed by atoms with Crippen LogP contribution in [0.4, 0.5) is 13.2 Å². The van der Waals surface area contributed by atoms with E-state index < -0.39 is 11.7 Å². The van der Waals surface area contributed by atoms with Crippen molar-refractivity contribution in [2.24, 2.45) is 10.9 Å². The number of rotatable bonds is 4. The van der Waals surface area contributed by atoms with E-state index in [4.69, 9.17) is 0 Å². The maximum absolute atomic E-state index is 12.7. The van der Waals surface area contributed by atoms with Crippen molar-refractivity contribution in [3.8, 4) is 6.07 Å². The molecular weight excluding hydrogens is 325 g/mol. The highest BCUT2D eigenvalue weighted by Crippen LogP contribution is 2.40. The van der Waals surface area contributed by atoms with Gasteiger partial charge < -0.3 is 0 Å². The van der Waals surface area contributed by atoms with Gasteiger partial charge in [-0.05, 0) is 36.5 Å². The van der Waals surface area contributed by atoms with Gasteiger partial charge in [0.2, 0.25) is 0 Å². The van der Waals surface area contributed by atoms with E-state index >= 15 is 0 Å². The lowest BCUT2D eigenvalue weighted by Gasteiger charge is -2.31. The molecule has 25 heavy (non-hydrogen) atoms. The monoisotopic (exact) mass is 342 g/mol. The SMILES string of the molecule is N#CC(=N[C@@H](c1ccccc1)C1CCC1)c1ccc(C(F)(F)F)cc1. The molecule has 0 aromatic heterocycles. The van der Waals surface area contributed by atoms with E-state index in [9.17, 15) is 18.4 Å². The topological polar surface area (TPSA) is 36.1 Å². The highest BCUT2D eigenvalue weighted by molar-refractivity contribution is 6.11. The van der Waals surface area contributed by atoms with E-state index in [0.29, 0.717) is 11.5 Å². The first-order valence-corrected chi connectivity index (χ1v) is 8.19. The lowest BCUT2D eigenvalue weighted by atomic mass is 9.77. The van der Waals surface area contributed by atoms with Gasteiger partial charge in [-0.3, -0.25) is 4.99 Å². The molecule has 0 spiro atoms. The number of alkyl halides is 3. The molecule has 0 radical (unpaired) electrons. The van der Waals surface area contributed by atoms with Crippen LogP contribution in [0.5, 0.6) is 0 Å². The molecule has 2 aromatic carbocycles. The molecule has 1 atom stereocenters. The van der Waals surface area contributed by atoms with Gasteiger partial charge >= 0.3 is 6.18 Å². The van der Waals surface area contributed by atoms with Crippen molar-refractivity contribution >= 4 is 5.71 Å². The molecule has 0 heterocycles. The smallest absolute Gasteiger partial charge is 0.265 e. The van der Waals surface area contributed by atoms with E-state index in [2.05, 4.69) is 4.99 Å². The third kappa shape index (κ3) is 3.90. The number of halogens is 3. The Bertz CT molecular complexity index is 782. The Kier molecular flexibility index (Phi) is 4.89. The maximum atomic E-state index is 12.7.